The van der Waals surface area contributed by atoms with E-state index in [2.05, 4.69) is 25.1 Å². The van der Waals surface area contributed by atoms with Gasteiger partial charge in [0.05, 0.1) is 24.1 Å². The molecule has 1 fully saturated rings. The number of ether oxygens (including phenoxy) is 1. The minimum absolute atomic E-state index is 0.0527. The molecule has 5 rings (SSSR count). The summed E-state index contributed by atoms with van der Waals surface area (Å²) in [7, 11) is 0. The average molecular weight is 376 g/mol. The van der Waals surface area contributed by atoms with E-state index in [0.717, 1.165) is 25.0 Å². The van der Waals surface area contributed by atoms with Crippen LogP contribution in [0.1, 0.15) is 34.5 Å². The van der Waals surface area contributed by atoms with Crippen molar-refractivity contribution < 1.29 is 9.53 Å². The van der Waals surface area contributed by atoms with Crippen molar-refractivity contribution in [1.29, 1.82) is 0 Å². The molecule has 5 heterocycles. The normalized spacial score (nSPS) is 18.1. The minimum Gasteiger partial charge on any atom is -0.368 e. The second-order valence-electron chi connectivity index (χ2n) is 7.17. The lowest BCUT2D eigenvalue weighted by Crippen LogP contribution is -2.48. The molecule has 0 unspecified atom stereocenters. The standard InChI is InChI=1S/C20H20N6O2/c27-19(15-11-22-18(23-12-15)16-3-1-2-7-21-16)26-8-5-20(6-9-26)17-14(4-10-28-20)13-24-25-17/h1-3,7,11-13H,4-6,8-10H2,(H,24,25). The van der Waals surface area contributed by atoms with E-state index in [0.29, 0.717) is 36.8 Å². The Kier molecular flexibility index (Phi) is 4.12. The maximum Gasteiger partial charge on any atom is 0.256 e. The SMILES string of the molecule is O=C(c1cnc(-c2ccccn2)nc1)N1CCC2(CC1)OCCc1cn[nH]c12. The number of carbonyl (C=O) groups excluding carboxylic acids is 1. The summed E-state index contributed by atoms with van der Waals surface area (Å²) in [5, 5.41) is 7.29. The van der Waals surface area contributed by atoms with Gasteiger partial charge in [0.15, 0.2) is 5.82 Å². The molecule has 0 aliphatic carbocycles. The number of rotatable bonds is 2. The minimum atomic E-state index is -0.347. The summed E-state index contributed by atoms with van der Waals surface area (Å²) in [5.74, 6) is 0.459. The monoisotopic (exact) mass is 376 g/mol. The van der Waals surface area contributed by atoms with Crippen molar-refractivity contribution in [3.63, 3.8) is 0 Å². The molecule has 0 aromatic carbocycles. The third-order valence-corrected chi connectivity index (χ3v) is 5.57. The predicted molar refractivity (Wildman–Crippen MR) is 100 cm³/mol. The zero-order chi connectivity index (χ0) is 19.0. The molecule has 1 saturated heterocycles. The van der Waals surface area contributed by atoms with Gasteiger partial charge in [-0.15, -0.1) is 0 Å². The summed E-state index contributed by atoms with van der Waals surface area (Å²) >= 11 is 0. The number of nitrogens with zero attached hydrogens (tertiary/aromatic N) is 5. The first-order valence-corrected chi connectivity index (χ1v) is 9.45. The third kappa shape index (κ3) is 2.86. The van der Waals surface area contributed by atoms with Crippen LogP contribution in [0.2, 0.25) is 0 Å². The molecule has 3 aromatic rings. The fourth-order valence-corrected chi connectivity index (χ4v) is 4.04. The second-order valence-corrected chi connectivity index (χ2v) is 7.17. The molecule has 0 saturated carbocycles. The first-order valence-electron chi connectivity index (χ1n) is 9.45. The molecule has 0 radical (unpaired) electrons. The lowest BCUT2D eigenvalue weighted by Gasteiger charge is -2.43. The Morgan fingerprint density at radius 2 is 1.93 bits per heavy atom. The Hall–Kier alpha value is -3.13. The number of nitrogens with one attached hydrogen (secondary N) is 1. The molecule has 142 valence electrons. The average Bonchev–Trinajstić information content (AvgIpc) is 3.25. The number of fused-ring (bicyclic) bond motifs is 2. The molecule has 28 heavy (non-hydrogen) atoms. The molecule has 0 atom stereocenters. The van der Waals surface area contributed by atoms with Gasteiger partial charge in [-0.05, 0) is 37.0 Å². The number of piperidine rings is 1. The molecular formula is C20H20N6O2. The molecule has 3 aromatic heterocycles. The number of aromatic amines is 1. The van der Waals surface area contributed by atoms with Gasteiger partial charge in [0.25, 0.3) is 5.91 Å². The van der Waals surface area contributed by atoms with Crippen LogP contribution < -0.4 is 0 Å². The van der Waals surface area contributed by atoms with Crippen LogP contribution in [0.4, 0.5) is 0 Å². The molecule has 1 amide bonds. The quantitative estimate of drug-likeness (QED) is 0.734. The van der Waals surface area contributed by atoms with Crippen LogP contribution in [0, 0.1) is 0 Å². The van der Waals surface area contributed by atoms with Gasteiger partial charge < -0.3 is 9.64 Å². The smallest absolute Gasteiger partial charge is 0.256 e. The maximum absolute atomic E-state index is 12.9. The Bertz CT molecular complexity index is 977. The highest BCUT2D eigenvalue weighted by molar-refractivity contribution is 5.93. The molecule has 8 heteroatoms. The number of H-pyrrole nitrogens is 1. The Labute approximate surface area is 162 Å². The van der Waals surface area contributed by atoms with Gasteiger partial charge in [0, 0.05) is 31.7 Å². The highest BCUT2D eigenvalue weighted by Gasteiger charge is 2.43. The lowest BCUT2D eigenvalue weighted by molar-refractivity contribution is -0.0962. The van der Waals surface area contributed by atoms with E-state index in [9.17, 15) is 4.79 Å². The third-order valence-electron chi connectivity index (χ3n) is 5.57. The number of carbonyl (C=O) groups is 1. The van der Waals surface area contributed by atoms with E-state index >= 15 is 0 Å². The summed E-state index contributed by atoms with van der Waals surface area (Å²) in [5.41, 5.74) is 3.13. The molecule has 2 aliphatic heterocycles. The number of pyridine rings is 1. The van der Waals surface area contributed by atoms with Crippen molar-refractivity contribution in [3.8, 4) is 11.5 Å². The van der Waals surface area contributed by atoms with Crippen LogP contribution >= 0.6 is 0 Å². The Morgan fingerprint density at radius 1 is 1.11 bits per heavy atom. The molecule has 0 bridgehead atoms. The number of amides is 1. The number of likely N-dealkylation sites (tertiary alicyclic amines) is 1. The van der Waals surface area contributed by atoms with Crippen molar-refractivity contribution in [2.75, 3.05) is 19.7 Å². The fraction of sp³-hybridized carbons (Fsp3) is 0.350. The maximum atomic E-state index is 12.9. The highest BCUT2D eigenvalue weighted by atomic mass is 16.5. The summed E-state index contributed by atoms with van der Waals surface area (Å²) < 4.78 is 6.15. The van der Waals surface area contributed by atoms with Crippen LogP contribution in [-0.2, 0) is 16.8 Å². The van der Waals surface area contributed by atoms with Crippen molar-refractivity contribution in [2.45, 2.75) is 24.9 Å². The molecule has 2 aliphatic rings. The molecule has 1 spiro atoms. The highest BCUT2D eigenvalue weighted by Crippen LogP contribution is 2.40. The van der Waals surface area contributed by atoms with Crippen molar-refractivity contribution in [1.82, 2.24) is 30.0 Å². The van der Waals surface area contributed by atoms with Crippen LogP contribution in [0.3, 0.4) is 0 Å². The number of hydrogen-bond acceptors (Lipinski definition) is 6. The lowest BCUT2D eigenvalue weighted by atomic mass is 9.83. The largest absolute Gasteiger partial charge is 0.368 e. The van der Waals surface area contributed by atoms with Crippen molar-refractivity contribution in [3.05, 3.63) is 59.8 Å². The summed E-state index contributed by atoms with van der Waals surface area (Å²) in [6.45, 7) is 1.95. The number of aromatic nitrogens is 5. The zero-order valence-electron chi connectivity index (χ0n) is 15.3. The van der Waals surface area contributed by atoms with E-state index in [-0.39, 0.29) is 11.5 Å². The second kappa shape index (κ2) is 6.79. The topological polar surface area (TPSA) is 96.9 Å². The van der Waals surface area contributed by atoms with Gasteiger partial charge in [-0.1, -0.05) is 6.07 Å². The molecule has 1 N–H and O–H groups in total. The van der Waals surface area contributed by atoms with E-state index < -0.39 is 0 Å². The molecule has 8 nitrogen and oxygen atoms in total. The summed E-state index contributed by atoms with van der Waals surface area (Å²) in [6.07, 6.45) is 9.12. The van der Waals surface area contributed by atoms with E-state index in [1.807, 2.05) is 29.3 Å². The van der Waals surface area contributed by atoms with E-state index in [1.54, 1.807) is 18.6 Å². The van der Waals surface area contributed by atoms with Crippen molar-refractivity contribution in [2.24, 2.45) is 0 Å². The zero-order valence-corrected chi connectivity index (χ0v) is 15.3. The van der Waals surface area contributed by atoms with Crippen LogP contribution in [-0.4, -0.2) is 55.7 Å². The fourth-order valence-electron chi connectivity index (χ4n) is 4.04. The van der Waals surface area contributed by atoms with Crippen LogP contribution in [0.25, 0.3) is 11.5 Å². The van der Waals surface area contributed by atoms with Crippen LogP contribution in [0.15, 0.2) is 43.0 Å². The van der Waals surface area contributed by atoms with Crippen LogP contribution in [0.5, 0.6) is 0 Å². The Balaban J connectivity index is 1.29. The first kappa shape index (κ1) is 17.0. The van der Waals surface area contributed by atoms with Gasteiger partial charge in [0.2, 0.25) is 0 Å². The van der Waals surface area contributed by atoms with Crippen molar-refractivity contribution >= 4 is 5.91 Å². The van der Waals surface area contributed by atoms with Gasteiger partial charge >= 0.3 is 0 Å². The van der Waals surface area contributed by atoms with Gasteiger partial charge in [-0.25, -0.2) is 9.97 Å². The summed E-state index contributed by atoms with van der Waals surface area (Å²) in [4.78, 5) is 27.6. The van der Waals surface area contributed by atoms with Gasteiger partial charge in [0.1, 0.15) is 11.3 Å². The van der Waals surface area contributed by atoms with E-state index in [4.69, 9.17) is 4.74 Å². The predicted octanol–water partition coefficient (Wildman–Crippen LogP) is 1.97. The Morgan fingerprint density at radius 3 is 2.68 bits per heavy atom. The molecular weight excluding hydrogens is 356 g/mol. The first-order chi connectivity index (χ1) is 13.8. The van der Waals surface area contributed by atoms with E-state index in [1.165, 1.54) is 5.56 Å². The van der Waals surface area contributed by atoms with Gasteiger partial charge in [-0.2, -0.15) is 5.10 Å². The number of hydrogen-bond donors (Lipinski definition) is 1. The van der Waals surface area contributed by atoms with Gasteiger partial charge in [-0.3, -0.25) is 14.9 Å². The summed E-state index contributed by atoms with van der Waals surface area (Å²) in [6, 6.07) is 5.56.